The van der Waals surface area contributed by atoms with Crippen molar-refractivity contribution in [3.8, 4) is 5.75 Å². The van der Waals surface area contributed by atoms with Gasteiger partial charge in [-0.25, -0.2) is 0 Å². The fourth-order valence-electron chi connectivity index (χ4n) is 3.14. The second kappa shape index (κ2) is 11.1. The first-order chi connectivity index (χ1) is 13.6. The van der Waals surface area contributed by atoms with Crippen LogP contribution in [0.4, 0.5) is 0 Å². The second-order valence-corrected chi connectivity index (χ2v) is 6.93. The number of ether oxygens (including phenoxy) is 1. The lowest BCUT2D eigenvalue weighted by molar-refractivity contribution is 0.0657. The average Bonchev–Trinajstić information content (AvgIpc) is 3.25. The summed E-state index contributed by atoms with van der Waals surface area (Å²) in [6.07, 6.45) is 1.52. The van der Waals surface area contributed by atoms with Gasteiger partial charge in [-0.15, -0.1) is 24.0 Å². The predicted octanol–water partition coefficient (Wildman–Crippen LogP) is 3.01. The highest BCUT2D eigenvalue weighted by Crippen LogP contribution is 2.13. The largest absolute Gasteiger partial charge is 0.489 e. The molecule has 1 aromatic heterocycles. The van der Waals surface area contributed by atoms with Gasteiger partial charge in [0.25, 0.3) is 5.91 Å². The first-order valence-corrected chi connectivity index (χ1v) is 9.58. The second-order valence-electron chi connectivity index (χ2n) is 6.93. The highest BCUT2D eigenvalue weighted by atomic mass is 127. The Labute approximate surface area is 189 Å². The molecule has 1 amide bonds. The van der Waals surface area contributed by atoms with Gasteiger partial charge in [0.05, 0.1) is 12.8 Å². The quantitative estimate of drug-likeness (QED) is 0.379. The van der Waals surface area contributed by atoms with Crippen LogP contribution in [0.25, 0.3) is 0 Å². The molecule has 1 N–H and O–H groups in total. The van der Waals surface area contributed by atoms with Crippen LogP contribution in [0.2, 0.25) is 0 Å². The number of halogens is 1. The predicted molar refractivity (Wildman–Crippen MR) is 124 cm³/mol. The number of furan rings is 1. The van der Waals surface area contributed by atoms with Crippen molar-refractivity contribution in [2.45, 2.75) is 20.0 Å². The summed E-state index contributed by atoms with van der Waals surface area (Å²) < 4.78 is 11.2. The molecule has 1 saturated heterocycles. The van der Waals surface area contributed by atoms with Crippen molar-refractivity contribution in [2.24, 2.45) is 4.99 Å². The summed E-state index contributed by atoms with van der Waals surface area (Å²) in [6.45, 7) is 7.44. The first-order valence-electron chi connectivity index (χ1n) is 9.58. The van der Waals surface area contributed by atoms with Crippen LogP contribution in [0.1, 0.15) is 23.0 Å². The summed E-state index contributed by atoms with van der Waals surface area (Å²) in [4.78, 5) is 20.7. The number of rotatable bonds is 5. The maximum atomic E-state index is 12.4. The lowest BCUT2D eigenvalue weighted by atomic mass is 10.2. The Morgan fingerprint density at radius 3 is 2.41 bits per heavy atom. The number of carbonyl (C=O) groups is 1. The van der Waals surface area contributed by atoms with E-state index in [2.05, 4.69) is 22.1 Å². The maximum absolute atomic E-state index is 12.4. The van der Waals surface area contributed by atoms with E-state index in [1.54, 1.807) is 19.2 Å². The standard InChI is InChI=1S/C21H28N4O3.HI/c1-16-6-8-18(9-7-16)28-17(2)15-23-21(22-3)25-12-10-24(11-13-25)20(26)19-5-4-14-27-19;/h4-9,14,17H,10-13,15H2,1-3H3,(H,22,23);1H. The van der Waals surface area contributed by atoms with E-state index in [0.29, 0.717) is 25.4 Å². The molecule has 0 radical (unpaired) electrons. The van der Waals surface area contributed by atoms with Gasteiger partial charge in [-0.2, -0.15) is 0 Å². The molecule has 1 atom stereocenters. The normalized spacial score (nSPS) is 15.5. The van der Waals surface area contributed by atoms with E-state index in [1.807, 2.05) is 36.1 Å². The minimum absolute atomic E-state index is 0. The fourth-order valence-corrected chi connectivity index (χ4v) is 3.14. The molecular weight excluding hydrogens is 483 g/mol. The van der Waals surface area contributed by atoms with Gasteiger partial charge < -0.3 is 24.3 Å². The molecular formula is C21H29IN4O3. The van der Waals surface area contributed by atoms with Crippen LogP contribution in [-0.2, 0) is 0 Å². The van der Waals surface area contributed by atoms with Crippen molar-refractivity contribution in [2.75, 3.05) is 39.8 Å². The summed E-state index contributed by atoms with van der Waals surface area (Å²) in [7, 11) is 1.77. The molecule has 1 aliphatic heterocycles. The number of benzene rings is 1. The minimum atomic E-state index is -0.0623. The zero-order valence-corrected chi connectivity index (χ0v) is 19.5. The van der Waals surface area contributed by atoms with Crippen LogP contribution in [-0.4, -0.2) is 67.5 Å². The topological polar surface area (TPSA) is 70.3 Å². The summed E-state index contributed by atoms with van der Waals surface area (Å²) in [5.41, 5.74) is 1.21. The van der Waals surface area contributed by atoms with Crippen molar-refractivity contribution in [1.29, 1.82) is 0 Å². The lowest BCUT2D eigenvalue weighted by Gasteiger charge is -2.36. The number of carbonyl (C=O) groups excluding carboxylic acids is 1. The third kappa shape index (κ3) is 6.38. The number of amides is 1. The van der Waals surface area contributed by atoms with Gasteiger partial charge in [0.2, 0.25) is 0 Å². The Kier molecular flexibility index (Phi) is 8.81. The highest BCUT2D eigenvalue weighted by Gasteiger charge is 2.25. The average molecular weight is 512 g/mol. The number of piperazine rings is 1. The van der Waals surface area contributed by atoms with E-state index < -0.39 is 0 Å². The molecule has 158 valence electrons. The molecule has 29 heavy (non-hydrogen) atoms. The van der Waals surface area contributed by atoms with E-state index in [1.165, 1.54) is 11.8 Å². The Bertz CT molecular complexity index is 785. The monoisotopic (exact) mass is 512 g/mol. The third-order valence-corrected chi connectivity index (χ3v) is 4.72. The lowest BCUT2D eigenvalue weighted by Crippen LogP contribution is -2.54. The Balaban J connectivity index is 0.00000300. The molecule has 0 bridgehead atoms. The van der Waals surface area contributed by atoms with Crippen molar-refractivity contribution in [3.05, 3.63) is 54.0 Å². The molecule has 2 aromatic rings. The van der Waals surface area contributed by atoms with Gasteiger partial charge in [0.1, 0.15) is 11.9 Å². The number of nitrogens with zero attached hydrogens (tertiary/aromatic N) is 3. The van der Waals surface area contributed by atoms with E-state index >= 15 is 0 Å². The zero-order chi connectivity index (χ0) is 19.9. The number of nitrogens with one attached hydrogen (secondary N) is 1. The van der Waals surface area contributed by atoms with Crippen molar-refractivity contribution < 1.29 is 13.9 Å². The van der Waals surface area contributed by atoms with Crippen molar-refractivity contribution in [1.82, 2.24) is 15.1 Å². The number of aliphatic imine (C=N–C) groups is 1. The summed E-state index contributed by atoms with van der Waals surface area (Å²) in [5, 5.41) is 3.37. The van der Waals surface area contributed by atoms with E-state index in [-0.39, 0.29) is 36.0 Å². The maximum Gasteiger partial charge on any atom is 0.289 e. The van der Waals surface area contributed by atoms with Gasteiger partial charge in [0.15, 0.2) is 11.7 Å². The minimum Gasteiger partial charge on any atom is -0.489 e. The molecule has 2 heterocycles. The number of guanidine groups is 1. The summed E-state index contributed by atoms with van der Waals surface area (Å²) in [5.74, 6) is 2.01. The van der Waals surface area contributed by atoms with Crippen LogP contribution in [0.5, 0.6) is 5.75 Å². The van der Waals surface area contributed by atoms with Gasteiger partial charge in [-0.1, -0.05) is 17.7 Å². The Hall–Kier alpha value is -2.23. The molecule has 3 rings (SSSR count). The van der Waals surface area contributed by atoms with E-state index in [9.17, 15) is 4.79 Å². The highest BCUT2D eigenvalue weighted by molar-refractivity contribution is 14.0. The van der Waals surface area contributed by atoms with Crippen LogP contribution in [0.15, 0.2) is 52.1 Å². The molecule has 1 aromatic carbocycles. The smallest absolute Gasteiger partial charge is 0.289 e. The fraction of sp³-hybridized carbons (Fsp3) is 0.429. The summed E-state index contributed by atoms with van der Waals surface area (Å²) in [6, 6.07) is 11.5. The molecule has 0 saturated carbocycles. The van der Waals surface area contributed by atoms with Crippen LogP contribution < -0.4 is 10.1 Å². The van der Waals surface area contributed by atoms with Gasteiger partial charge in [-0.05, 0) is 38.1 Å². The number of aryl methyl sites for hydroxylation is 1. The van der Waals surface area contributed by atoms with Crippen LogP contribution in [0, 0.1) is 6.92 Å². The Morgan fingerprint density at radius 1 is 1.17 bits per heavy atom. The zero-order valence-electron chi connectivity index (χ0n) is 17.1. The molecule has 1 unspecified atom stereocenters. The van der Waals surface area contributed by atoms with Crippen LogP contribution >= 0.6 is 24.0 Å². The SMILES string of the molecule is CN=C(NCC(C)Oc1ccc(C)cc1)N1CCN(C(=O)c2ccco2)CC1.I. The molecule has 8 heteroatoms. The van der Waals surface area contributed by atoms with E-state index in [4.69, 9.17) is 9.15 Å². The van der Waals surface area contributed by atoms with Gasteiger partial charge in [-0.3, -0.25) is 9.79 Å². The summed E-state index contributed by atoms with van der Waals surface area (Å²) >= 11 is 0. The van der Waals surface area contributed by atoms with Crippen molar-refractivity contribution in [3.63, 3.8) is 0 Å². The molecule has 0 spiro atoms. The van der Waals surface area contributed by atoms with Crippen LogP contribution in [0.3, 0.4) is 0 Å². The first kappa shape index (κ1) is 23.1. The molecule has 1 aliphatic rings. The van der Waals surface area contributed by atoms with Crippen molar-refractivity contribution >= 4 is 35.8 Å². The van der Waals surface area contributed by atoms with Gasteiger partial charge in [0, 0.05) is 33.2 Å². The molecule has 1 fully saturated rings. The number of hydrogen-bond donors (Lipinski definition) is 1. The van der Waals surface area contributed by atoms with E-state index in [0.717, 1.165) is 24.8 Å². The number of hydrogen-bond acceptors (Lipinski definition) is 4. The molecule has 0 aliphatic carbocycles. The third-order valence-electron chi connectivity index (χ3n) is 4.72. The molecule has 7 nitrogen and oxygen atoms in total. The van der Waals surface area contributed by atoms with Gasteiger partial charge >= 0.3 is 0 Å². The Morgan fingerprint density at radius 2 is 1.83 bits per heavy atom.